The van der Waals surface area contributed by atoms with E-state index in [4.69, 9.17) is 4.74 Å². The molecule has 0 amide bonds. The Labute approximate surface area is 109 Å². The SMILES string of the molecule is CCCC(OCC)C(=O)Cc1ccn(C(C)C)n1. The topological polar surface area (TPSA) is 44.1 Å². The maximum atomic E-state index is 12.1. The molecule has 4 nitrogen and oxygen atoms in total. The van der Waals surface area contributed by atoms with E-state index in [0.717, 1.165) is 18.5 Å². The van der Waals surface area contributed by atoms with Gasteiger partial charge in [-0.3, -0.25) is 9.48 Å². The molecular weight excluding hydrogens is 228 g/mol. The van der Waals surface area contributed by atoms with Crippen molar-refractivity contribution in [3.63, 3.8) is 0 Å². The van der Waals surface area contributed by atoms with E-state index in [0.29, 0.717) is 19.1 Å². The number of carbonyl (C=O) groups excluding carboxylic acids is 1. The van der Waals surface area contributed by atoms with Crippen molar-refractivity contribution in [1.82, 2.24) is 9.78 Å². The highest BCUT2D eigenvalue weighted by molar-refractivity contribution is 5.84. The van der Waals surface area contributed by atoms with E-state index in [1.165, 1.54) is 0 Å². The molecule has 0 aliphatic carbocycles. The van der Waals surface area contributed by atoms with Crippen molar-refractivity contribution in [2.45, 2.75) is 59.1 Å². The largest absolute Gasteiger partial charge is 0.371 e. The van der Waals surface area contributed by atoms with Gasteiger partial charge in [0, 0.05) is 18.8 Å². The average Bonchev–Trinajstić information content (AvgIpc) is 2.77. The molecule has 0 fully saturated rings. The summed E-state index contributed by atoms with van der Waals surface area (Å²) in [5.74, 6) is 0.132. The van der Waals surface area contributed by atoms with Crippen LogP contribution in [0.4, 0.5) is 0 Å². The van der Waals surface area contributed by atoms with Gasteiger partial charge in [0.15, 0.2) is 5.78 Å². The molecule has 0 radical (unpaired) electrons. The Morgan fingerprint density at radius 1 is 1.44 bits per heavy atom. The summed E-state index contributed by atoms with van der Waals surface area (Å²) in [6.45, 7) is 8.70. The van der Waals surface area contributed by atoms with E-state index < -0.39 is 0 Å². The zero-order valence-electron chi connectivity index (χ0n) is 11.8. The van der Waals surface area contributed by atoms with Crippen molar-refractivity contribution in [1.29, 1.82) is 0 Å². The predicted octanol–water partition coefficient (Wildman–Crippen LogP) is 2.78. The first-order valence-corrected chi connectivity index (χ1v) is 6.76. The molecule has 4 heteroatoms. The normalized spacial score (nSPS) is 12.9. The van der Waals surface area contributed by atoms with Crippen molar-refractivity contribution in [2.75, 3.05) is 6.61 Å². The number of aromatic nitrogens is 2. The van der Waals surface area contributed by atoms with E-state index in [9.17, 15) is 4.79 Å². The Kier molecular flexibility index (Phi) is 6.05. The minimum Gasteiger partial charge on any atom is -0.371 e. The van der Waals surface area contributed by atoms with Crippen molar-refractivity contribution in [2.24, 2.45) is 0 Å². The summed E-state index contributed by atoms with van der Waals surface area (Å²) in [5.41, 5.74) is 0.828. The van der Waals surface area contributed by atoms with Crippen LogP contribution in [-0.4, -0.2) is 28.3 Å². The van der Waals surface area contributed by atoms with Gasteiger partial charge in [-0.05, 0) is 33.3 Å². The first-order valence-electron chi connectivity index (χ1n) is 6.76. The number of carbonyl (C=O) groups is 1. The molecule has 1 aromatic heterocycles. The van der Waals surface area contributed by atoms with Crippen molar-refractivity contribution in [3.05, 3.63) is 18.0 Å². The maximum absolute atomic E-state index is 12.1. The molecule has 0 bridgehead atoms. The van der Waals surface area contributed by atoms with E-state index in [-0.39, 0.29) is 11.9 Å². The molecule has 0 spiro atoms. The molecule has 1 atom stereocenters. The lowest BCUT2D eigenvalue weighted by Crippen LogP contribution is -2.26. The fourth-order valence-corrected chi connectivity index (χ4v) is 1.85. The Morgan fingerprint density at radius 2 is 2.17 bits per heavy atom. The quantitative estimate of drug-likeness (QED) is 0.714. The third-order valence-electron chi connectivity index (χ3n) is 2.83. The summed E-state index contributed by atoms with van der Waals surface area (Å²) in [4.78, 5) is 12.1. The second-order valence-electron chi connectivity index (χ2n) is 4.76. The van der Waals surface area contributed by atoms with Crippen molar-refractivity contribution >= 4 is 5.78 Å². The van der Waals surface area contributed by atoms with E-state index in [1.54, 1.807) is 0 Å². The molecule has 1 rings (SSSR count). The molecule has 1 aromatic rings. The average molecular weight is 252 g/mol. The van der Waals surface area contributed by atoms with Gasteiger partial charge in [-0.15, -0.1) is 0 Å². The number of Topliss-reactive ketones (excluding diaryl/α,β-unsaturated/α-hetero) is 1. The van der Waals surface area contributed by atoms with Gasteiger partial charge in [-0.1, -0.05) is 13.3 Å². The van der Waals surface area contributed by atoms with Crippen LogP contribution in [0.3, 0.4) is 0 Å². The highest BCUT2D eigenvalue weighted by atomic mass is 16.5. The zero-order valence-corrected chi connectivity index (χ0v) is 11.8. The summed E-state index contributed by atoms with van der Waals surface area (Å²) < 4.78 is 7.36. The second kappa shape index (κ2) is 7.31. The molecule has 102 valence electrons. The second-order valence-corrected chi connectivity index (χ2v) is 4.76. The van der Waals surface area contributed by atoms with Gasteiger partial charge in [-0.25, -0.2) is 0 Å². The summed E-state index contributed by atoms with van der Waals surface area (Å²) in [7, 11) is 0. The number of nitrogens with zero attached hydrogens (tertiary/aromatic N) is 2. The summed E-state index contributed by atoms with van der Waals surface area (Å²) in [5, 5.41) is 4.39. The molecule has 1 heterocycles. The van der Waals surface area contributed by atoms with E-state index in [1.807, 2.05) is 23.9 Å². The van der Waals surface area contributed by atoms with Gasteiger partial charge >= 0.3 is 0 Å². The molecule has 0 aromatic carbocycles. The molecule has 0 N–H and O–H groups in total. The van der Waals surface area contributed by atoms with E-state index in [2.05, 4.69) is 25.9 Å². The number of hydrogen-bond acceptors (Lipinski definition) is 3. The van der Waals surface area contributed by atoms with Crippen LogP contribution in [0.1, 0.15) is 52.3 Å². The van der Waals surface area contributed by atoms with Crippen LogP contribution in [-0.2, 0) is 16.0 Å². The zero-order chi connectivity index (χ0) is 13.5. The molecule has 0 aliphatic rings. The minimum atomic E-state index is -0.274. The molecule has 0 saturated heterocycles. The monoisotopic (exact) mass is 252 g/mol. The number of rotatable bonds is 8. The highest BCUT2D eigenvalue weighted by Gasteiger charge is 2.19. The smallest absolute Gasteiger partial charge is 0.167 e. The fraction of sp³-hybridized carbons (Fsp3) is 0.714. The van der Waals surface area contributed by atoms with Crippen molar-refractivity contribution < 1.29 is 9.53 Å². The Bertz CT molecular complexity index is 366. The van der Waals surface area contributed by atoms with Gasteiger partial charge in [-0.2, -0.15) is 5.10 Å². The summed E-state index contributed by atoms with van der Waals surface area (Å²) >= 11 is 0. The molecule has 0 saturated carbocycles. The minimum absolute atomic E-state index is 0.132. The molecule has 18 heavy (non-hydrogen) atoms. The Morgan fingerprint density at radius 3 is 2.67 bits per heavy atom. The van der Waals surface area contributed by atoms with Crippen LogP contribution in [0, 0.1) is 0 Å². The van der Waals surface area contributed by atoms with Crippen LogP contribution in [0.2, 0.25) is 0 Å². The summed E-state index contributed by atoms with van der Waals surface area (Å²) in [6, 6.07) is 2.24. The first-order chi connectivity index (χ1) is 8.58. The van der Waals surface area contributed by atoms with Crippen LogP contribution < -0.4 is 0 Å². The molecule has 1 unspecified atom stereocenters. The molecule has 0 aliphatic heterocycles. The van der Waals surface area contributed by atoms with Crippen LogP contribution in [0.25, 0.3) is 0 Å². The van der Waals surface area contributed by atoms with Gasteiger partial charge in [0.1, 0.15) is 6.10 Å². The standard InChI is InChI=1S/C14H24N2O2/c1-5-7-14(18-6-2)13(17)10-12-8-9-16(15-12)11(3)4/h8-9,11,14H,5-7,10H2,1-4H3. The van der Waals surface area contributed by atoms with E-state index >= 15 is 0 Å². The summed E-state index contributed by atoms with van der Waals surface area (Å²) in [6.07, 6.45) is 3.76. The van der Waals surface area contributed by atoms with Gasteiger partial charge < -0.3 is 4.74 Å². The van der Waals surface area contributed by atoms with Gasteiger partial charge in [0.2, 0.25) is 0 Å². The van der Waals surface area contributed by atoms with Gasteiger partial charge in [0.25, 0.3) is 0 Å². The third kappa shape index (κ3) is 4.26. The number of ketones is 1. The third-order valence-corrected chi connectivity index (χ3v) is 2.83. The lowest BCUT2D eigenvalue weighted by molar-refractivity contribution is -0.130. The van der Waals surface area contributed by atoms with Crippen LogP contribution in [0.5, 0.6) is 0 Å². The lowest BCUT2D eigenvalue weighted by Gasteiger charge is -2.14. The number of ether oxygens (including phenoxy) is 1. The van der Waals surface area contributed by atoms with Crippen LogP contribution in [0.15, 0.2) is 12.3 Å². The fourth-order valence-electron chi connectivity index (χ4n) is 1.85. The number of hydrogen-bond donors (Lipinski definition) is 0. The van der Waals surface area contributed by atoms with Gasteiger partial charge in [0.05, 0.1) is 12.1 Å². The molecular formula is C14H24N2O2. The Balaban J connectivity index is 2.60. The first kappa shape index (κ1) is 14.9. The highest BCUT2D eigenvalue weighted by Crippen LogP contribution is 2.09. The van der Waals surface area contributed by atoms with Crippen molar-refractivity contribution in [3.8, 4) is 0 Å². The Hall–Kier alpha value is -1.16. The van der Waals surface area contributed by atoms with Crippen LogP contribution >= 0.6 is 0 Å². The predicted molar refractivity (Wildman–Crippen MR) is 71.6 cm³/mol. The lowest BCUT2D eigenvalue weighted by atomic mass is 10.1. The maximum Gasteiger partial charge on any atom is 0.167 e.